The van der Waals surface area contributed by atoms with Gasteiger partial charge in [-0.3, -0.25) is 4.79 Å². The van der Waals surface area contributed by atoms with E-state index in [2.05, 4.69) is 10.6 Å². The Morgan fingerprint density at radius 3 is 2.56 bits per heavy atom. The minimum absolute atomic E-state index is 0. The smallest absolute Gasteiger partial charge is 0.339 e. The molecule has 0 aliphatic heterocycles. The number of benzene rings is 1. The summed E-state index contributed by atoms with van der Waals surface area (Å²) in [4.78, 5) is 22.1. The molecule has 0 fully saturated rings. The average molecular weight is 275 g/mol. The Labute approximate surface area is 110 Å². The van der Waals surface area contributed by atoms with Crippen molar-refractivity contribution in [3.05, 3.63) is 23.8 Å². The molecular weight excluding hydrogens is 260 g/mol. The molecule has 1 amide bonds. The van der Waals surface area contributed by atoms with Crippen molar-refractivity contribution in [3.63, 3.8) is 0 Å². The molecule has 0 saturated heterocycles. The van der Waals surface area contributed by atoms with Crippen LogP contribution in [0.4, 0.5) is 5.69 Å². The number of hydrogen-bond donors (Lipinski definition) is 4. The maximum atomic E-state index is 11.4. The van der Waals surface area contributed by atoms with Crippen molar-refractivity contribution in [2.45, 2.75) is 6.92 Å². The lowest BCUT2D eigenvalue weighted by Crippen LogP contribution is -2.27. The first kappa shape index (κ1) is 16.2. The molecule has 1 rings (SSSR count). The molecule has 100 valence electrons. The van der Waals surface area contributed by atoms with Gasteiger partial charge in [0.15, 0.2) is 0 Å². The minimum atomic E-state index is -1.25. The maximum absolute atomic E-state index is 11.4. The molecule has 0 heterocycles. The number of halogens is 1. The van der Waals surface area contributed by atoms with Gasteiger partial charge in [0.25, 0.3) is 0 Å². The molecule has 0 unspecified atom stereocenters. The van der Waals surface area contributed by atoms with Crippen molar-refractivity contribution >= 4 is 30.0 Å². The van der Waals surface area contributed by atoms with E-state index in [9.17, 15) is 14.7 Å². The summed E-state index contributed by atoms with van der Waals surface area (Å²) >= 11 is 0. The van der Waals surface area contributed by atoms with Crippen LogP contribution in [-0.4, -0.2) is 35.2 Å². The zero-order valence-electron chi connectivity index (χ0n) is 9.77. The Kier molecular flexibility index (Phi) is 6.77. The molecule has 1 aromatic rings. The van der Waals surface area contributed by atoms with E-state index in [1.54, 1.807) is 0 Å². The van der Waals surface area contributed by atoms with Gasteiger partial charge in [-0.2, -0.15) is 0 Å². The molecule has 18 heavy (non-hydrogen) atoms. The van der Waals surface area contributed by atoms with Gasteiger partial charge in [-0.1, -0.05) is 6.92 Å². The lowest BCUT2D eigenvalue weighted by Gasteiger charge is -2.07. The summed E-state index contributed by atoms with van der Waals surface area (Å²) in [5.41, 5.74) is 0.0920. The van der Waals surface area contributed by atoms with Gasteiger partial charge >= 0.3 is 5.97 Å². The lowest BCUT2D eigenvalue weighted by molar-refractivity contribution is -0.115. The van der Waals surface area contributed by atoms with Crippen molar-refractivity contribution in [3.8, 4) is 5.75 Å². The van der Waals surface area contributed by atoms with Crippen LogP contribution >= 0.6 is 12.4 Å². The van der Waals surface area contributed by atoms with Crippen molar-refractivity contribution < 1.29 is 19.8 Å². The number of hydrogen-bond acceptors (Lipinski definition) is 4. The summed E-state index contributed by atoms with van der Waals surface area (Å²) in [7, 11) is 0. The highest BCUT2D eigenvalue weighted by Gasteiger charge is 2.11. The first-order chi connectivity index (χ1) is 8.04. The normalized spacial score (nSPS) is 9.39. The van der Waals surface area contributed by atoms with Crippen molar-refractivity contribution in [1.82, 2.24) is 5.32 Å². The number of anilines is 1. The summed E-state index contributed by atoms with van der Waals surface area (Å²) in [5.74, 6) is -1.85. The molecule has 4 N–H and O–H groups in total. The third-order valence-corrected chi connectivity index (χ3v) is 2.05. The quantitative estimate of drug-likeness (QED) is 0.602. The zero-order valence-corrected chi connectivity index (χ0v) is 10.6. The maximum Gasteiger partial charge on any atom is 0.339 e. The molecule has 7 heteroatoms. The Bertz CT molecular complexity index is 437. The minimum Gasteiger partial charge on any atom is -0.507 e. The molecular formula is C11H15ClN2O4. The molecule has 0 spiro atoms. The number of aromatic carboxylic acids is 1. The van der Waals surface area contributed by atoms with Crippen molar-refractivity contribution in [1.29, 1.82) is 0 Å². The largest absolute Gasteiger partial charge is 0.507 e. The topological polar surface area (TPSA) is 98.7 Å². The average Bonchev–Trinajstić information content (AvgIpc) is 2.28. The van der Waals surface area contributed by atoms with Crippen LogP contribution in [0.25, 0.3) is 0 Å². The van der Waals surface area contributed by atoms with Crippen molar-refractivity contribution in [2.75, 3.05) is 18.4 Å². The van der Waals surface area contributed by atoms with Gasteiger partial charge in [0, 0.05) is 5.69 Å². The molecule has 0 bridgehead atoms. The highest BCUT2D eigenvalue weighted by Crippen LogP contribution is 2.21. The Morgan fingerprint density at radius 2 is 2.00 bits per heavy atom. The van der Waals surface area contributed by atoms with Crippen LogP contribution in [0.3, 0.4) is 0 Å². The number of carboxylic acids is 1. The standard InChI is InChI=1S/C11H14N2O4.ClH/c1-2-12-6-10(15)13-7-3-4-9(14)8(5-7)11(16)17;/h3-5,12,14H,2,6H2,1H3,(H,13,15)(H,16,17);1H. The highest BCUT2D eigenvalue weighted by molar-refractivity contribution is 5.96. The molecule has 6 nitrogen and oxygen atoms in total. The zero-order chi connectivity index (χ0) is 12.8. The van der Waals surface area contributed by atoms with E-state index in [1.807, 2.05) is 6.92 Å². The second kappa shape index (κ2) is 7.52. The van der Waals surface area contributed by atoms with Gasteiger partial charge < -0.3 is 20.8 Å². The van der Waals surface area contributed by atoms with Gasteiger partial charge in [-0.25, -0.2) is 4.79 Å². The molecule has 1 aromatic carbocycles. The van der Waals surface area contributed by atoms with Gasteiger partial charge in [-0.05, 0) is 24.7 Å². The second-order valence-corrected chi connectivity index (χ2v) is 3.37. The van der Waals surface area contributed by atoms with Gasteiger partial charge in [0.1, 0.15) is 11.3 Å². The van der Waals surface area contributed by atoms with Crippen LogP contribution in [0.2, 0.25) is 0 Å². The number of phenols is 1. The van der Waals surface area contributed by atoms with Gasteiger partial charge in [-0.15, -0.1) is 12.4 Å². The fraction of sp³-hybridized carbons (Fsp3) is 0.273. The lowest BCUT2D eigenvalue weighted by atomic mass is 10.2. The number of nitrogens with one attached hydrogen (secondary N) is 2. The summed E-state index contributed by atoms with van der Waals surface area (Å²) < 4.78 is 0. The van der Waals surface area contributed by atoms with Crippen LogP contribution in [0.15, 0.2) is 18.2 Å². The summed E-state index contributed by atoms with van der Waals surface area (Å²) in [5, 5.41) is 23.4. The second-order valence-electron chi connectivity index (χ2n) is 3.37. The Balaban J connectivity index is 0.00000289. The molecule has 0 radical (unpaired) electrons. The summed E-state index contributed by atoms with van der Waals surface area (Å²) in [6.45, 7) is 2.69. The predicted octanol–water partition coefficient (Wildman–Crippen LogP) is 1.06. The Hall–Kier alpha value is -1.79. The molecule has 0 aromatic heterocycles. The number of rotatable bonds is 5. The Morgan fingerprint density at radius 1 is 1.33 bits per heavy atom. The third kappa shape index (κ3) is 4.60. The molecule has 0 atom stereocenters. The number of aromatic hydroxyl groups is 1. The van der Waals surface area contributed by atoms with E-state index in [0.29, 0.717) is 12.2 Å². The van der Waals surface area contributed by atoms with E-state index in [-0.39, 0.29) is 36.2 Å². The number of carbonyl (C=O) groups excluding carboxylic acids is 1. The van der Waals surface area contributed by atoms with E-state index in [0.717, 1.165) is 0 Å². The first-order valence-corrected chi connectivity index (χ1v) is 5.11. The van der Waals surface area contributed by atoms with E-state index >= 15 is 0 Å². The van der Waals surface area contributed by atoms with Crippen LogP contribution in [-0.2, 0) is 4.79 Å². The van der Waals surface area contributed by atoms with E-state index in [1.165, 1.54) is 18.2 Å². The monoisotopic (exact) mass is 274 g/mol. The van der Waals surface area contributed by atoms with Crippen LogP contribution in [0.5, 0.6) is 5.75 Å². The summed E-state index contributed by atoms with van der Waals surface area (Å²) in [6.07, 6.45) is 0. The van der Waals surface area contributed by atoms with Crippen molar-refractivity contribution in [2.24, 2.45) is 0 Å². The number of carboxylic acid groups (broad SMARTS) is 1. The number of amides is 1. The van der Waals surface area contributed by atoms with E-state index < -0.39 is 5.97 Å². The molecule has 0 aliphatic rings. The first-order valence-electron chi connectivity index (χ1n) is 5.11. The van der Waals surface area contributed by atoms with Gasteiger partial charge in [0.05, 0.1) is 6.54 Å². The van der Waals surface area contributed by atoms with Crippen LogP contribution in [0.1, 0.15) is 17.3 Å². The fourth-order valence-corrected chi connectivity index (χ4v) is 1.23. The number of carbonyl (C=O) groups is 2. The van der Waals surface area contributed by atoms with Crippen LogP contribution < -0.4 is 10.6 Å². The van der Waals surface area contributed by atoms with E-state index in [4.69, 9.17) is 5.11 Å². The third-order valence-electron chi connectivity index (χ3n) is 2.05. The molecule has 0 aliphatic carbocycles. The molecule has 0 saturated carbocycles. The van der Waals surface area contributed by atoms with Gasteiger partial charge in [0.2, 0.25) is 5.91 Å². The fourth-order valence-electron chi connectivity index (χ4n) is 1.23. The number of likely N-dealkylation sites (N-methyl/N-ethyl adjacent to an activating group) is 1. The predicted molar refractivity (Wildman–Crippen MR) is 69.5 cm³/mol. The van der Waals surface area contributed by atoms with Crippen LogP contribution in [0, 0.1) is 0 Å². The summed E-state index contributed by atoms with van der Waals surface area (Å²) in [6, 6.07) is 3.87. The SMILES string of the molecule is CCNCC(=O)Nc1ccc(O)c(C(=O)O)c1.Cl. The highest BCUT2D eigenvalue weighted by atomic mass is 35.5.